The van der Waals surface area contributed by atoms with Gasteiger partial charge in [0, 0.05) is 6.04 Å². The topological polar surface area (TPSA) is 85.6 Å². The third-order valence-electron chi connectivity index (χ3n) is 4.02. The van der Waals surface area contributed by atoms with E-state index in [1.807, 2.05) is 41.0 Å². The minimum absolute atomic E-state index is 0.157. The Morgan fingerprint density at radius 3 is 2.92 bits per heavy atom. The van der Waals surface area contributed by atoms with Crippen molar-refractivity contribution < 1.29 is 9.21 Å². The third-order valence-corrected chi connectivity index (χ3v) is 4.96. The van der Waals surface area contributed by atoms with Crippen LogP contribution < -0.4 is 0 Å². The lowest BCUT2D eigenvalue weighted by Gasteiger charge is -2.17. The molecule has 0 saturated heterocycles. The van der Waals surface area contributed by atoms with E-state index < -0.39 is 0 Å². The van der Waals surface area contributed by atoms with Gasteiger partial charge in [-0.2, -0.15) is 4.99 Å². The fraction of sp³-hybridized carbons (Fsp3) is 0.278. The maximum Gasteiger partial charge on any atom is 0.260 e. The molecule has 0 spiro atoms. The zero-order chi connectivity index (χ0) is 18.1. The molecule has 1 aliphatic heterocycles. The summed E-state index contributed by atoms with van der Waals surface area (Å²) in [6.07, 6.45) is 9.01. The predicted molar refractivity (Wildman–Crippen MR) is 100 cm³/mol. The molecule has 4 rings (SSSR count). The average molecular weight is 367 g/mol. The highest BCUT2D eigenvalue weighted by Gasteiger charge is 2.26. The highest BCUT2D eigenvalue weighted by molar-refractivity contribution is 7.99. The molecule has 0 bridgehead atoms. The molecule has 1 amide bonds. The second kappa shape index (κ2) is 6.87. The van der Waals surface area contributed by atoms with Crippen LogP contribution in [0.2, 0.25) is 0 Å². The lowest BCUT2D eigenvalue weighted by Crippen LogP contribution is -2.27. The molecule has 7 nitrogen and oxygen atoms in total. The molecule has 3 heterocycles. The van der Waals surface area contributed by atoms with E-state index >= 15 is 0 Å². The number of allylic oxidation sites excluding steroid dienone is 3. The van der Waals surface area contributed by atoms with Gasteiger partial charge in [0.25, 0.3) is 5.91 Å². The summed E-state index contributed by atoms with van der Waals surface area (Å²) < 4.78 is 7.46. The standard InChI is InChI=1S/C18H17N5O2S/c1-11(2)23-16(14-8-5-9-25-14)21-22-18(23)26-10-15-19-13-7-4-3-6-12(13)17(24)20-15/h3-9,11-12H,10H2,1-2H3. The first-order valence-corrected chi connectivity index (χ1v) is 9.28. The van der Waals surface area contributed by atoms with E-state index in [2.05, 4.69) is 34.0 Å². The average Bonchev–Trinajstić information content (AvgIpc) is 3.29. The van der Waals surface area contributed by atoms with Crippen molar-refractivity contribution in [3.05, 3.63) is 42.7 Å². The van der Waals surface area contributed by atoms with Crippen molar-refractivity contribution in [2.24, 2.45) is 15.9 Å². The van der Waals surface area contributed by atoms with E-state index in [1.165, 1.54) is 11.8 Å². The van der Waals surface area contributed by atoms with Crippen LogP contribution in [0.25, 0.3) is 11.6 Å². The number of aromatic nitrogens is 3. The zero-order valence-corrected chi connectivity index (χ0v) is 15.2. The number of furan rings is 1. The van der Waals surface area contributed by atoms with Gasteiger partial charge in [-0.1, -0.05) is 30.0 Å². The zero-order valence-electron chi connectivity index (χ0n) is 14.4. The van der Waals surface area contributed by atoms with Gasteiger partial charge in [-0.3, -0.25) is 9.36 Å². The molecule has 0 aromatic carbocycles. The normalized spacial score (nSPS) is 18.9. The van der Waals surface area contributed by atoms with Crippen LogP contribution in [0.15, 0.2) is 62.3 Å². The van der Waals surface area contributed by atoms with Crippen LogP contribution in [0, 0.1) is 5.92 Å². The van der Waals surface area contributed by atoms with Gasteiger partial charge in [-0.05, 0) is 32.1 Å². The van der Waals surface area contributed by atoms with Crippen LogP contribution in [0.5, 0.6) is 0 Å². The summed E-state index contributed by atoms with van der Waals surface area (Å²) in [4.78, 5) is 20.8. The van der Waals surface area contributed by atoms with Crippen LogP contribution in [0.4, 0.5) is 0 Å². The molecule has 0 N–H and O–H groups in total. The van der Waals surface area contributed by atoms with Gasteiger partial charge >= 0.3 is 0 Å². The van der Waals surface area contributed by atoms with E-state index in [0.29, 0.717) is 23.2 Å². The maximum absolute atomic E-state index is 12.2. The molecule has 2 aromatic heterocycles. The third kappa shape index (κ3) is 3.08. The van der Waals surface area contributed by atoms with Crippen molar-refractivity contribution in [1.82, 2.24) is 14.8 Å². The minimum Gasteiger partial charge on any atom is -0.461 e. The van der Waals surface area contributed by atoms with Crippen molar-refractivity contribution in [2.75, 3.05) is 5.75 Å². The molecule has 0 fully saturated rings. The van der Waals surface area contributed by atoms with Gasteiger partial charge < -0.3 is 4.42 Å². The number of rotatable bonds is 5. The first kappa shape index (κ1) is 16.7. The molecule has 132 valence electrons. The molecule has 2 aliphatic rings. The second-order valence-electron chi connectivity index (χ2n) is 6.16. The second-order valence-corrected chi connectivity index (χ2v) is 7.10. The molecular weight excluding hydrogens is 350 g/mol. The van der Waals surface area contributed by atoms with Gasteiger partial charge in [0.2, 0.25) is 5.82 Å². The number of carbonyl (C=O) groups is 1. The number of nitrogens with zero attached hydrogens (tertiary/aromatic N) is 5. The van der Waals surface area contributed by atoms with E-state index in [0.717, 1.165) is 10.9 Å². The van der Waals surface area contributed by atoms with E-state index in [4.69, 9.17) is 4.42 Å². The Balaban J connectivity index is 1.56. The van der Waals surface area contributed by atoms with Crippen LogP contribution >= 0.6 is 11.8 Å². The van der Waals surface area contributed by atoms with Crippen molar-refractivity contribution >= 4 is 29.2 Å². The molecule has 0 saturated carbocycles. The van der Waals surface area contributed by atoms with Crippen molar-refractivity contribution in [3.63, 3.8) is 0 Å². The molecule has 2 aromatic rings. The Labute approximate surface area is 154 Å². The first-order valence-electron chi connectivity index (χ1n) is 8.30. The predicted octanol–water partition coefficient (Wildman–Crippen LogP) is 3.33. The summed E-state index contributed by atoms with van der Waals surface area (Å²) in [6, 6.07) is 3.84. The highest BCUT2D eigenvalue weighted by atomic mass is 32.2. The van der Waals surface area contributed by atoms with Crippen molar-refractivity contribution in [2.45, 2.75) is 25.0 Å². The monoisotopic (exact) mass is 367 g/mol. The van der Waals surface area contributed by atoms with Gasteiger partial charge in [-0.15, -0.1) is 10.2 Å². The van der Waals surface area contributed by atoms with Gasteiger partial charge in [-0.25, -0.2) is 4.99 Å². The molecule has 0 radical (unpaired) electrons. The Kier molecular flexibility index (Phi) is 4.42. The lowest BCUT2D eigenvalue weighted by molar-refractivity contribution is -0.118. The summed E-state index contributed by atoms with van der Waals surface area (Å²) in [5.41, 5.74) is 0.740. The number of hydrogen-bond acceptors (Lipinski definition) is 6. The summed E-state index contributed by atoms with van der Waals surface area (Å²) in [5.74, 6) is 1.78. The quantitative estimate of drug-likeness (QED) is 0.757. The van der Waals surface area contributed by atoms with E-state index in [-0.39, 0.29) is 17.9 Å². The van der Waals surface area contributed by atoms with Gasteiger partial charge in [0.15, 0.2) is 10.9 Å². The summed E-state index contributed by atoms with van der Waals surface area (Å²) in [5, 5.41) is 9.28. The fourth-order valence-corrected chi connectivity index (χ4v) is 3.75. The summed E-state index contributed by atoms with van der Waals surface area (Å²) in [7, 11) is 0. The Morgan fingerprint density at radius 1 is 1.27 bits per heavy atom. The number of amides is 1. The minimum atomic E-state index is -0.348. The summed E-state index contributed by atoms with van der Waals surface area (Å²) in [6.45, 7) is 4.12. The highest BCUT2D eigenvalue weighted by Crippen LogP contribution is 2.28. The number of thioether (sulfide) groups is 1. The largest absolute Gasteiger partial charge is 0.461 e. The molecule has 1 atom stereocenters. The van der Waals surface area contributed by atoms with Crippen molar-refractivity contribution in [3.8, 4) is 11.6 Å². The Morgan fingerprint density at radius 2 is 2.15 bits per heavy atom. The van der Waals surface area contributed by atoms with Crippen LogP contribution in [-0.4, -0.2) is 38.0 Å². The van der Waals surface area contributed by atoms with Gasteiger partial charge in [0.05, 0.1) is 17.7 Å². The van der Waals surface area contributed by atoms with Crippen LogP contribution in [0.1, 0.15) is 19.9 Å². The van der Waals surface area contributed by atoms with Gasteiger partial charge in [0.1, 0.15) is 11.8 Å². The number of hydrogen-bond donors (Lipinski definition) is 0. The lowest BCUT2D eigenvalue weighted by atomic mass is 9.97. The molecule has 1 aliphatic carbocycles. The SMILES string of the molecule is CC(C)n1c(SCC2=NC(=O)C3C=CC=CC3=N2)nnc1-c1ccco1. The number of carbonyl (C=O) groups excluding carboxylic acids is 1. The molecule has 8 heteroatoms. The Bertz CT molecular complexity index is 950. The molecule has 26 heavy (non-hydrogen) atoms. The fourth-order valence-electron chi connectivity index (χ4n) is 2.83. The maximum atomic E-state index is 12.2. The molecule has 1 unspecified atom stereocenters. The first-order chi connectivity index (χ1) is 12.6. The smallest absolute Gasteiger partial charge is 0.260 e. The van der Waals surface area contributed by atoms with Crippen molar-refractivity contribution in [1.29, 1.82) is 0 Å². The van der Waals surface area contributed by atoms with E-state index in [9.17, 15) is 4.79 Å². The number of amidine groups is 1. The molecular formula is C18H17N5O2S. The summed E-state index contributed by atoms with van der Waals surface area (Å²) >= 11 is 1.46. The van der Waals surface area contributed by atoms with Crippen LogP contribution in [-0.2, 0) is 4.79 Å². The Hall–Kier alpha value is -2.74. The number of fused-ring (bicyclic) bond motifs is 1. The van der Waals surface area contributed by atoms with Crippen LogP contribution in [0.3, 0.4) is 0 Å². The number of aliphatic imine (C=N–C) groups is 2. The van der Waals surface area contributed by atoms with E-state index in [1.54, 1.807) is 6.26 Å².